The molecule has 0 aliphatic carbocycles. The van der Waals surface area contributed by atoms with E-state index in [1.807, 2.05) is 57.9 Å². The van der Waals surface area contributed by atoms with E-state index in [2.05, 4.69) is 10.4 Å². The number of aromatic nitrogens is 2. The van der Waals surface area contributed by atoms with Gasteiger partial charge in [0, 0.05) is 44.5 Å². The summed E-state index contributed by atoms with van der Waals surface area (Å²) in [5, 5.41) is 7.44. The van der Waals surface area contributed by atoms with Gasteiger partial charge in [0.25, 0.3) is 0 Å². The summed E-state index contributed by atoms with van der Waals surface area (Å²) < 4.78 is 1.82. The molecule has 2 aromatic rings. The summed E-state index contributed by atoms with van der Waals surface area (Å²) in [7, 11) is 0. The van der Waals surface area contributed by atoms with Gasteiger partial charge in [-0.05, 0) is 43.9 Å². The number of amides is 3. The van der Waals surface area contributed by atoms with Crippen molar-refractivity contribution in [2.24, 2.45) is 0 Å². The maximum atomic E-state index is 12.8. The molecule has 0 radical (unpaired) electrons. The van der Waals surface area contributed by atoms with E-state index in [0.717, 1.165) is 37.1 Å². The third-order valence-corrected chi connectivity index (χ3v) is 5.80. The molecule has 1 N–H and O–H groups in total. The molecular weight excluding hydrogens is 354 g/mol. The second-order valence-electron chi connectivity index (χ2n) is 7.59. The van der Waals surface area contributed by atoms with E-state index in [9.17, 15) is 9.59 Å². The molecule has 148 valence electrons. The van der Waals surface area contributed by atoms with Gasteiger partial charge in [0.05, 0.1) is 11.7 Å². The lowest BCUT2D eigenvalue weighted by Crippen LogP contribution is -2.50. The number of para-hydroxylation sites is 1. The number of hydrogen-bond acceptors (Lipinski definition) is 3. The second kappa shape index (κ2) is 8.04. The van der Waals surface area contributed by atoms with Crippen LogP contribution in [0.3, 0.4) is 0 Å². The Morgan fingerprint density at radius 3 is 2.64 bits per heavy atom. The zero-order valence-corrected chi connectivity index (χ0v) is 16.3. The lowest BCUT2D eigenvalue weighted by molar-refractivity contribution is -0.130. The largest absolute Gasteiger partial charge is 0.340 e. The van der Waals surface area contributed by atoms with Gasteiger partial charge in [-0.1, -0.05) is 18.2 Å². The first-order chi connectivity index (χ1) is 13.6. The minimum Gasteiger partial charge on any atom is -0.340 e. The molecule has 2 aliphatic rings. The fourth-order valence-corrected chi connectivity index (χ4v) is 4.26. The molecule has 28 heavy (non-hydrogen) atoms. The zero-order chi connectivity index (χ0) is 19.5. The molecule has 7 heteroatoms. The van der Waals surface area contributed by atoms with Gasteiger partial charge >= 0.3 is 6.03 Å². The monoisotopic (exact) mass is 381 g/mol. The lowest BCUT2D eigenvalue weighted by atomic mass is 10.0. The summed E-state index contributed by atoms with van der Waals surface area (Å²) in [6.45, 7) is 4.24. The molecule has 4 rings (SSSR count). The van der Waals surface area contributed by atoms with E-state index >= 15 is 0 Å². The predicted octanol–water partition coefficient (Wildman–Crippen LogP) is 2.73. The molecular formula is C21H27N5O2. The molecule has 0 spiro atoms. The standard InChI is InChI=1S/C21H27N5O2/c1-16(18-6-2-3-7-19(18)26-13-5-11-22-26)23-21(28)24-14-9-17(10-15-24)25-12-4-8-20(25)27/h2-3,5-7,11,13,16-17H,4,8-10,12,14-15H2,1H3,(H,23,28)/t16-/m0/s1. The van der Waals surface area contributed by atoms with Crippen LogP contribution in [0.2, 0.25) is 0 Å². The Bertz CT molecular complexity index is 827. The Kier molecular flexibility index (Phi) is 5.32. The van der Waals surface area contributed by atoms with Crippen LogP contribution in [0, 0.1) is 0 Å². The number of carbonyl (C=O) groups excluding carboxylic acids is 2. The number of urea groups is 1. The number of piperidine rings is 1. The highest BCUT2D eigenvalue weighted by Crippen LogP contribution is 2.24. The summed E-state index contributed by atoms with van der Waals surface area (Å²) in [6, 6.07) is 9.96. The first kappa shape index (κ1) is 18.5. The Balaban J connectivity index is 1.36. The van der Waals surface area contributed by atoms with Crippen LogP contribution in [0.5, 0.6) is 0 Å². The molecule has 0 saturated carbocycles. The van der Waals surface area contributed by atoms with E-state index in [-0.39, 0.29) is 24.0 Å². The Morgan fingerprint density at radius 1 is 1.18 bits per heavy atom. The summed E-state index contributed by atoms with van der Waals surface area (Å²) in [6.07, 6.45) is 7.00. The first-order valence-corrected chi connectivity index (χ1v) is 10.1. The number of benzene rings is 1. The highest BCUT2D eigenvalue weighted by Gasteiger charge is 2.32. The highest BCUT2D eigenvalue weighted by atomic mass is 16.2. The van der Waals surface area contributed by atoms with E-state index in [4.69, 9.17) is 0 Å². The van der Waals surface area contributed by atoms with Gasteiger partial charge in [-0.3, -0.25) is 4.79 Å². The average Bonchev–Trinajstić information content (AvgIpc) is 3.40. The summed E-state index contributed by atoms with van der Waals surface area (Å²) in [4.78, 5) is 28.6. The molecule has 2 fully saturated rings. The number of nitrogens with zero attached hydrogens (tertiary/aromatic N) is 4. The summed E-state index contributed by atoms with van der Waals surface area (Å²) in [5.41, 5.74) is 1.99. The molecule has 0 unspecified atom stereocenters. The van der Waals surface area contributed by atoms with Crippen molar-refractivity contribution in [1.82, 2.24) is 24.9 Å². The van der Waals surface area contributed by atoms with Gasteiger partial charge in [0.2, 0.25) is 5.91 Å². The highest BCUT2D eigenvalue weighted by molar-refractivity contribution is 5.78. The van der Waals surface area contributed by atoms with Crippen LogP contribution < -0.4 is 5.32 Å². The molecule has 1 aromatic heterocycles. The van der Waals surface area contributed by atoms with Gasteiger partial charge in [0.1, 0.15) is 0 Å². The first-order valence-electron chi connectivity index (χ1n) is 10.1. The van der Waals surface area contributed by atoms with Gasteiger partial charge in [-0.15, -0.1) is 0 Å². The minimum absolute atomic E-state index is 0.0473. The summed E-state index contributed by atoms with van der Waals surface area (Å²) >= 11 is 0. The van der Waals surface area contributed by atoms with Crippen molar-refractivity contribution in [1.29, 1.82) is 0 Å². The van der Waals surface area contributed by atoms with Crippen LogP contribution in [-0.4, -0.2) is 57.2 Å². The van der Waals surface area contributed by atoms with E-state index in [0.29, 0.717) is 19.5 Å². The third-order valence-electron chi connectivity index (χ3n) is 5.80. The summed E-state index contributed by atoms with van der Waals surface area (Å²) in [5.74, 6) is 0.270. The van der Waals surface area contributed by atoms with Crippen molar-refractivity contribution in [2.75, 3.05) is 19.6 Å². The Hall–Kier alpha value is -2.83. The number of likely N-dealkylation sites (tertiary alicyclic amines) is 2. The van der Waals surface area contributed by atoms with Gasteiger partial charge in [0.15, 0.2) is 0 Å². The normalized spacial score (nSPS) is 19.1. The van der Waals surface area contributed by atoms with E-state index in [1.54, 1.807) is 6.20 Å². The topological polar surface area (TPSA) is 70.5 Å². The average molecular weight is 381 g/mol. The molecule has 2 saturated heterocycles. The fraction of sp³-hybridized carbons (Fsp3) is 0.476. The maximum absolute atomic E-state index is 12.8. The number of carbonyl (C=O) groups is 2. The van der Waals surface area contributed by atoms with Gasteiger partial charge < -0.3 is 15.1 Å². The molecule has 1 atom stereocenters. The molecule has 3 heterocycles. The molecule has 1 aromatic carbocycles. The van der Waals surface area contributed by atoms with Crippen molar-refractivity contribution in [3.8, 4) is 5.69 Å². The number of hydrogen-bond donors (Lipinski definition) is 1. The lowest BCUT2D eigenvalue weighted by Gasteiger charge is -2.37. The fourth-order valence-electron chi connectivity index (χ4n) is 4.26. The predicted molar refractivity (Wildman–Crippen MR) is 106 cm³/mol. The van der Waals surface area contributed by atoms with Crippen molar-refractivity contribution in [2.45, 2.75) is 44.7 Å². The second-order valence-corrected chi connectivity index (χ2v) is 7.59. The van der Waals surface area contributed by atoms with Crippen LogP contribution in [0.4, 0.5) is 4.79 Å². The molecule has 2 aliphatic heterocycles. The maximum Gasteiger partial charge on any atom is 0.317 e. The quantitative estimate of drug-likeness (QED) is 0.885. The number of nitrogens with one attached hydrogen (secondary N) is 1. The van der Waals surface area contributed by atoms with Crippen LogP contribution in [-0.2, 0) is 4.79 Å². The van der Waals surface area contributed by atoms with E-state index < -0.39 is 0 Å². The van der Waals surface area contributed by atoms with Crippen molar-refractivity contribution in [3.63, 3.8) is 0 Å². The molecule has 3 amide bonds. The van der Waals surface area contributed by atoms with Crippen LogP contribution in [0.1, 0.15) is 44.2 Å². The minimum atomic E-state index is -0.134. The van der Waals surface area contributed by atoms with Crippen LogP contribution >= 0.6 is 0 Å². The van der Waals surface area contributed by atoms with Gasteiger partial charge in [-0.2, -0.15) is 5.10 Å². The number of rotatable bonds is 4. The zero-order valence-electron chi connectivity index (χ0n) is 16.3. The Labute approximate surface area is 165 Å². The smallest absolute Gasteiger partial charge is 0.317 e. The van der Waals surface area contributed by atoms with Crippen molar-refractivity contribution in [3.05, 3.63) is 48.3 Å². The third kappa shape index (κ3) is 3.74. The van der Waals surface area contributed by atoms with Crippen LogP contribution in [0.25, 0.3) is 5.69 Å². The van der Waals surface area contributed by atoms with Crippen molar-refractivity contribution < 1.29 is 9.59 Å². The molecule has 0 bridgehead atoms. The van der Waals surface area contributed by atoms with Crippen molar-refractivity contribution >= 4 is 11.9 Å². The van der Waals surface area contributed by atoms with E-state index in [1.165, 1.54) is 0 Å². The van der Waals surface area contributed by atoms with Gasteiger partial charge in [-0.25, -0.2) is 9.48 Å². The SMILES string of the molecule is C[C@H](NC(=O)N1CCC(N2CCCC2=O)CC1)c1ccccc1-n1cccn1. The van der Waals surface area contributed by atoms with Crippen LogP contribution in [0.15, 0.2) is 42.7 Å². The molecule has 7 nitrogen and oxygen atoms in total. The Morgan fingerprint density at radius 2 is 1.96 bits per heavy atom.